The van der Waals surface area contributed by atoms with Crippen LogP contribution in [0.15, 0.2) is 24.3 Å². The number of rotatable bonds is 0. The summed E-state index contributed by atoms with van der Waals surface area (Å²) in [4.78, 5) is 0. The number of benzene rings is 1. The first kappa shape index (κ1) is 7.57. The predicted molar refractivity (Wildman–Crippen MR) is 49.3 cm³/mol. The quantitative estimate of drug-likeness (QED) is 0.587. The van der Waals surface area contributed by atoms with Crippen LogP contribution in [0.4, 0.5) is 0 Å². The van der Waals surface area contributed by atoms with E-state index in [-0.39, 0.29) is 0 Å². The van der Waals surface area contributed by atoms with Crippen molar-refractivity contribution in [3.8, 4) is 0 Å². The lowest BCUT2D eigenvalue weighted by Gasteiger charge is -2.60. The summed E-state index contributed by atoms with van der Waals surface area (Å²) in [6.45, 7) is 0. The summed E-state index contributed by atoms with van der Waals surface area (Å²) in [5.41, 5.74) is 1.71. The summed E-state index contributed by atoms with van der Waals surface area (Å²) in [7, 11) is 0. The predicted octanol–water partition coefficient (Wildman–Crippen LogP) is 1.91. The van der Waals surface area contributed by atoms with Crippen molar-refractivity contribution in [3.05, 3.63) is 35.4 Å². The van der Waals surface area contributed by atoms with E-state index >= 15 is 0 Å². The molecule has 68 valence electrons. The Bertz CT molecular complexity index is 345. The van der Waals surface area contributed by atoms with E-state index in [1.54, 1.807) is 0 Å². The van der Waals surface area contributed by atoms with Gasteiger partial charge in [-0.2, -0.15) is 0 Å². The van der Waals surface area contributed by atoms with E-state index in [0.717, 1.165) is 24.8 Å². The summed E-state index contributed by atoms with van der Waals surface area (Å²) in [6.07, 6.45) is 4.33. The molecule has 2 aliphatic carbocycles. The van der Waals surface area contributed by atoms with Crippen LogP contribution < -0.4 is 5.11 Å². The Morgan fingerprint density at radius 1 is 1.23 bits per heavy atom. The van der Waals surface area contributed by atoms with Gasteiger partial charge in [-0.05, 0) is 17.9 Å². The Kier molecular flexibility index (Phi) is 1.37. The highest BCUT2D eigenvalue weighted by atomic mass is 16.3. The molecular formula is C12H13O-. The van der Waals surface area contributed by atoms with E-state index < -0.39 is 5.60 Å². The second-order valence-electron chi connectivity index (χ2n) is 4.28. The minimum Gasteiger partial charge on any atom is -0.846 e. The molecule has 1 aromatic carbocycles. The average Bonchev–Trinajstić information content (AvgIpc) is 2.17. The van der Waals surface area contributed by atoms with Crippen LogP contribution in [0.5, 0.6) is 0 Å². The van der Waals surface area contributed by atoms with Crippen LogP contribution in [0.2, 0.25) is 0 Å². The van der Waals surface area contributed by atoms with E-state index in [1.807, 2.05) is 18.2 Å². The Hall–Kier alpha value is -0.820. The zero-order valence-corrected chi connectivity index (χ0v) is 7.62. The van der Waals surface area contributed by atoms with Gasteiger partial charge in [0.15, 0.2) is 0 Å². The van der Waals surface area contributed by atoms with Gasteiger partial charge in [-0.1, -0.05) is 54.7 Å². The molecule has 1 aromatic rings. The first-order chi connectivity index (χ1) is 6.32. The first-order valence-corrected chi connectivity index (χ1v) is 5.12. The van der Waals surface area contributed by atoms with Gasteiger partial charge in [-0.15, -0.1) is 0 Å². The maximum absolute atomic E-state index is 12.4. The van der Waals surface area contributed by atoms with Gasteiger partial charge < -0.3 is 5.11 Å². The van der Waals surface area contributed by atoms with Crippen LogP contribution in [0, 0.1) is 0 Å². The molecule has 3 rings (SSSR count). The molecule has 0 radical (unpaired) electrons. The normalized spacial score (nSPS) is 35.9. The Labute approximate surface area is 78.4 Å². The molecule has 0 aliphatic heterocycles. The molecule has 13 heavy (non-hydrogen) atoms. The Morgan fingerprint density at radius 3 is 3.00 bits per heavy atom. The third-order valence-corrected chi connectivity index (χ3v) is 3.65. The number of hydrogen-bond donors (Lipinski definition) is 0. The molecule has 0 N–H and O–H groups in total. The number of fused-ring (bicyclic) bond motifs is 4. The van der Waals surface area contributed by atoms with Gasteiger partial charge in [-0.3, -0.25) is 0 Å². The Morgan fingerprint density at radius 2 is 2.08 bits per heavy atom. The van der Waals surface area contributed by atoms with Crippen LogP contribution in [0.3, 0.4) is 0 Å². The van der Waals surface area contributed by atoms with Crippen molar-refractivity contribution in [2.75, 3.05) is 0 Å². The van der Waals surface area contributed by atoms with E-state index in [9.17, 15) is 5.11 Å². The molecule has 2 aliphatic rings. The summed E-state index contributed by atoms with van der Waals surface area (Å²) in [6, 6.07) is 8.18. The zero-order valence-electron chi connectivity index (χ0n) is 7.62. The standard InChI is InChI=1S/C12H13O/c13-12-8-4-3-7-11(12)9-5-1-2-6-10(9)12/h1-2,5-6,11H,3-4,7-8H2/q-1/t11-,12-/m1/s1. The van der Waals surface area contributed by atoms with Crippen LogP contribution in [0.25, 0.3) is 0 Å². The maximum Gasteiger partial charge on any atom is -0.0215 e. The third-order valence-electron chi connectivity index (χ3n) is 3.65. The molecule has 0 aromatic heterocycles. The summed E-state index contributed by atoms with van der Waals surface area (Å²) >= 11 is 0. The lowest BCUT2D eigenvalue weighted by Crippen LogP contribution is -2.55. The van der Waals surface area contributed by atoms with Gasteiger partial charge in [-0.25, -0.2) is 0 Å². The van der Waals surface area contributed by atoms with Crippen molar-refractivity contribution in [2.45, 2.75) is 37.2 Å². The van der Waals surface area contributed by atoms with Gasteiger partial charge in [0.05, 0.1) is 0 Å². The minimum absolute atomic E-state index is 0.331. The highest BCUT2D eigenvalue weighted by Crippen LogP contribution is 2.55. The molecule has 0 unspecified atom stereocenters. The van der Waals surface area contributed by atoms with E-state index in [4.69, 9.17) is 0 Å². The third kappa shape index (κ3) is 0.806. The van der Waals surface area contributed by atoms with E-state index in [2.05, 4.69) is 6.07 Å². The molecular weight excluding hydrogens is 160 g/mol. The largest absolute Gasteiger partial charge is 0.846 e. The van der Waals surface area contributed by atoms with Gasteiger partial charge >= 0.3 is 0 Å². The van der Waals surface area contributed by atoms with Gasteiger partial charge in [0.25, 0.3) is 0 Å². The lowest BCUT2D eigenvalue weighted by atomic mass is 9.58. The minimum atomic E-state index is -0.700. The van der Waals surface area contributed by atoms with Gasteiger partial charge in [0, 0.05) is 0 Å². The van der Waals surface area contributed by atoms with E-state index in [1.165, 1.54) is 12.0 Å². The fourth-order valence-electron chi connectivity index (χ4n) is 2.98. The highest BCUT2D eigenvalue weighted by molar-refractivity contribution is 5.47. The van der Waals surface area contributed by atoms with Crippen LogP contribution in [-0.2, 0) is 5.60 Å². The maximum atomic E-state index is 12.4. The molecule has 1 nitrogen and oxygen atoms in total. The van der Waals surface area contributed by atoms with Crippen molar-refractivity contribution in [3.63, 3.8) is 0 Å². The van der Waals surface area contributed by atoms with Crippen molar-refractivity contribution in [1.82, 2.24) is 0 Å². The molecule has 0 amide bonds. The fraction of sp³-hybridized carbons (Fsp3) is 0.500. The number of hydrogen-bond acceptors (Lipinski definition) is 1. The van der Waals surface area contributed by atoms with Crippen molar-refractivity contribution in [2.24, 2.45) is 0 Å². The second kappa shape index (κ2) is 2.36. The monoisotopic (exact) mass is 173 g/mol. The van der Waals surface area contributed by atoms with Gasteiger partial charge in [0.1, 0.15) is 0 Å². The van der Waals surface area contributed by atoms with Crippen molar-refractivity contribution >= 4 is 0 Å². The fourth-order valence-corrected chi connectivity index (χ4v) is 2.98. The molecule has 1 saturated carbocycles. The molecule has 0 heterocycles. The van der Waals surface area contributed by atoms with Gasteiger partial charge in [0.2, 0.25) is 0 Å². The van der Waals surface area contributed by atoms with Crippen LogP contribution in [0.1, 0.15) is 42.7 Å². The first-order valence-electron chi connectivity index (χ1n) is 5.12. The Balaban J connectivity index is 2.11. The summed E-state index contributed by atoms with van der Waals surface area (Å²) in [5, 5.41) is 12.4. The second-order valence-corrected chi connectivity index (χ2v) is 4.28. The topological polar surface area (TPSA) is 23.1 Å². The smallest absolute Gasteiger partial charge is 0.0215 e. The van der Waals surface area contributed by atoms with Crippen LogP contribution >= 0.6 is 0 Å². The lowest BCUT2D eigenvalue weighted by molar-refractivity contribution is -0.510. The molecule has 0 saturated heterocycles. The van der Waals surface area contributed by atoms with Crippen molar-refractivity contribution in [1.29, 1.82) is 0 Å². The van der Waals surface area contributed by atoms with Crippen molar-refractivity contribution < 1.29 is 5.11 Å². The molecule has 1 fully saturated rings. The SMILES string of the molecule is [O-][C@@]12CCCC[C@@H]1c1ccccc12. The molecule has 2 atom stereocenters. The average molecular weight is 173 g/mol. The molecule has 0 spiro atoms. The van der Waals surface area contributed by atoms with Crippen LogP contribution in [-0.4, -0.2) is 0 Å². The summed E-state index contributed by atoms with van der Waals surface area (Å²) in [5.74, 6) is 0.331. The molecule has 0 bridgehead atoms. The highest BCUT2D eigenvalue weighted by Gasteiger charge is 2.42. The van der Waals surface area contributed by atoms with E-state index in [0.29, 0.717) is 5.92 Å². The molecule has 1 heteroatoms. The zero-order chi connectivity index (χ0) is 8.89. The summed E-state index contributed by atoms with van der Waals surface area (Å²) < 4.78 is 0.